The minimum absolute atomic E-state index is 0.0735. The molecule has 0 spiro atoms. The van der Waals surface area contributed by atoms with Crippen molar-refractivity contribution in [2.24, 2.45) is 0 Å². The van der Waals surface area contributed by atoms with Gasteiger partial charge in [0.15, 0.2) is 17.3 Å². The molecule has 0 amide bonds. The molecule has 0 bridgehead atoms. The fourth-order valence-electron chi connectivity index (χ4n) is 1.12. The van der Waals surface area contributed by atoms with Crippen molar-refractivity contribution >= 4 is 5.78 Å². The van der Waals surface area contributed by atoms with Gasteiger partial charge in [0.2, 0.25) is 5.82 Å². The van der Waals surface area contributed by atoms with Crippen LogP contribution in [0.2, 0.25) is 0 Å². The summed E-state index contributed by atoms with van der Waals surface area (Å²) in [4.78, 5) is 11.2. The van der Waals surface area contributed by atoms with Gasteiger partial charge in [-0.3, -0.25) is 4.79 Å². The van der Waals surface area contributed by atoms with Crippen LogP contribution in [0, 0.1) is 5.82 Å². The Morgan fingerprint density at radius 3 is 2.87 bits per heavy atom. The lowest BCUT2D eigenvalue weighted by atomic mass is 10.1. The molecule has 3 nitrogen and oxygen atoms in total. The Hall–Kier alpha value is -1.84. The molecule has 0 heterocycles. The Morgan fingerprint density at radius 2 is 2.33 bits per heavy atom. The fourth-order valence-corrected chi connectivity index (χ4v) is 1.12. The van der Waals surface area contributed by atoms with Crippen LogP contribution in [0.5, 0.6) is 11.5 Å². The Morgan fingerprint density at radius 1 is 1.67 bits per heavy atom. The monoisotopic (exact) mass is 210 g/mol. The van der Waals surface area contributed by atoms with Gasteiger partial charge in [-0.05, 0) is 25.1 Å². The number of hydrogen-bond donors (Lipinski definition) is 1. The summed E-state index contributed by atoms with van der Waals surface area (Å²) in [5.41, 5.74) is -0.119. The van der Waals surface area contributed by atoms with Crippen molar-refractivity contribution in [3.8, 4) is 11.5 Å². The van der Waals surface area contributed by atoms with Crippen molar-refractivity contribution in [3.05, 3.63) is 36.2 Å². The van der Waals surface area contributed by atoms with Crippen LogP contribution in [-0.2, 0) is 0 Å². The van der Waals surface area contributed by atoms with Crippen molar-refractivity contribution in [2.75, 3.05) is 6.61 Å². The summed E-state index contributed by atoms with van der Waals surface area (Å²) in [6.45, 7) is 5.23. The quantitative estimate of drug-likeness (QED) is 0.612. The molecule has 1 aromatic carbocycles. The number of ether oxygens (including phenoxy) is 1. The van der Waals surface area contributed by atoms with E-state index in [-0.39, 0.29) is 17.9 Å². The number of rotatable bonds is 4. The van der Waals surface area contributed by atoms with Crippen molar-refractivity contribution < 1.29 is 19.0 Å². The average Bonchev–Trinajstić information content (AvgIpc) is 2.24. The summed E-state index contributed by atoms with van der Waals surface area (Å²) in [6, 6.07) is 2.60. The van der Waals surface area contributed by atoms with Crippen LogP contribution in [0.4, 0.5) is 4.39 Å². The molecule has 80 valence electrons. The molecule has 1 aromatic rings. The van der Waals surface area contributed by atoms with E-state index in [0.29, 0.717) is 0 Å². The number of phenolic OH excluding ortho intramolecular Hbond substituents is 1. The standard InChI is InChI=1S/C11H11FO3/c1-3-8(13)7-5-6-9(15-4-2)10(12)11(7)14/h3,5-6,14H,1,4H2,2H3. The van der Waals surface area contributed by atoms with Gasteiger partial charge in [0, 0.05) is 0 Å². The zero-order valence-corrected chi connectivity index (χ0v) is 8.29. The molecule has 0 atom stereocenters. The first-order chi connectivity index (χ1) is 7.11. The van der Waals surface area contributed by atoms with Gasteiger partial charge >= 0.3 is 0 Å². The largest absolute Gasteiger partial charge is 0.504 e. The van der Waals surface area contributed by atoms with Crippen LogP contribution in [0.1, 0.15) is 17.3 Å². The van der Waals surface area contributed by atoms with E-state index in [0.717, 1.165) is 6.08 Å². The molecule has 0 fully saturated rings. The number of carbonyl (C=O) groups is 1. The van der Waals surface area contributed by atoms with Gasteiger partial charge in [-0.2, -0.15) is 4.39 Å². The van der Waals surface area contributed by atoms with Crippen LogP contribution in [-0.4, -0.2) is 17.5 Å². The van der Waals surface area contributed by atoms with Crippen molar-refractivity contribution in [1.29, 1.82) is 0 Å². The molecule has 0 saturated carbocycles. The zero-order valence-electron chi connectivity index (χ0n) is 8.29. The number of ketones is 1. The Bertz CT molecular complexity index is 399. The highest BCUT2D eigenvalue weighted by Gasteiger charge is 2.16. The molecule has 1 rings (SSSR count). The van der Waals surface area contributed by atoms with Gasteiger partial charge in [-0.15, -0.1) is 0 Å². The third kappa shape index (κ3) is 2.15. The van der Waals surface area contributed by atoms with E-state index < -0.39 is 17.3 Å². The molecule has 15 heavy (non-hydrogen) atoms. The maximum Gasteiger partial charge on any atom is 0.207 e. The second kappa shape index (κ2) is 4.59. The lowest BCUT2D eigenvalue weighted by Gasteiger charge is -2.07. The summed E-state index contributed by atoms with van der Waals surface area (Å²) >= 11 is 0. The summed E-state index contributed by atoms with van der Waals surface area (Å²) in [5.74, 6) is -2.24. The number of halogens is 1. The maximum absolute atomic E-state index is 13.4. The molecular formula is C11H11FO3. The van der Waals surface area contributed by atoms with E-state index in [2.05, 4.69) is 6.58 Å². The first-order valence-corrected chi connectivity index (χ1v) is 4.42. The second-order valence-electron chi connectivity index (χ2n) is 2.78. The number of hydrogen-bond acceptors (Lipinski definition) is 3. The molecule has 0 aliphatic heterocycles. The highest BCUT2D eigenvalue weighted by molar-refractivity contribution is 6.06. The van der Waals surface area contributed by atoms with Crippen LogP contribution in [0.3, 0.4) is 0 Å². The predicted molar refractivity (Wildman–Crippen MR) is 53.8 cm³/mol. The Labute approximate surface area is 86.8 Å². The van der Waals surface area contributed by atoms with E-state index in [1.807, 2.05) is 0 Å². The van der Waals surface area contributed by atoms with Crippen LogP contribution >= 0.6 is 0 Å². The highest BCUT2D eigenvalue weighted by Crippen LogP contribution is 2.29. The molecule has 0 unspecified atom stereocenters. The lowest BCUT2D eigenvalue weighted by Crippen LogP contribution is -2.00. The first-order valence-electron chi connectivity index (χ1n) is 4.42. The summed E-state index contributed by atoms with van der Waals surface area (Å²) in [6.07, 6.45) is 1.01. The topological polar surface area (TPSA) is 46.5 Å². The molecule has 1 N–H and O–H groups in total. The van der Waals surface area contributed by atoms with Crippen LogP contribution in [0.15, 0.2) is 24.8 Å². The number of benzene rings is 1. The maximum atomic E-state index is 13.4. The zero-order chi connectivity index (χ0) is 11.4. The lowest BCUT2D eigenvalue weighted by molar-refractivity contribution is 0.104. The molecule has 4 heteroatoms. The van der Waals surface area contributed by atoms with Crippen LogP contribution < -0.4 is 4.74 Å². The van der Waals surface area contributed by atoms with Crippen molar-refractivity contribution in [3.63, 3.8) is 0 Å². The number of phenols is 1. The van der Waals surface area contributed by atoms with Gasteiger partial charge in [-0.1, -0.05) is 6.58 Å². The Balaban J connectivity index is 3.20. The molecule has 0 saturated heterocycles. The average molecular weight is 210 g/mol. The predicted octanol–water partition coefficient (Wildman–Crippen LogP) is 2.30. The van der Waals surface area contributed by atoms with Gasteiger partial charge in [0.1, 0.15) is 0 Å². The van der Waals surface area contributed by atoms with Crippen molar-refractivity contribution in [1.82, 2.24) is 0 Å². The number of carbonyl (C=O) groups excluding carboxylic acids is 1. The van der Waals surface area contributed by atoms with Crippen LogP contribution in [0.25, 0.3) is 0 Å². The van der Waals surface area contributed by atoms with Gasteiger partial charge < -0.3 is 9.84 Å². The molecule has 0 aromatic heterocycles. The number of allylic oxidation sites excluding steroid dienone is 1. The molecular weight excluding hydrogens is 199 g/mol. The van der Waals surface area contributed by atoms with E-state index >= 15 is 0 Å². The smallest absolute Gasteiger partial charge is 0.207 e. The fraction of sp³-hybridized carbons (Fsp3) is 0.182. The van der Waals surface area contributed by atoms with Gasteiger partial charge in [-0.25, -0.2) is 0 Å². The van der Waals surface area contributed by atoms with E-state index in [9.17, 15) is 14.3 Å². The van der Waals surface area contributed by atoms with Crippen molar-refractivity contribution in [2.45, 2.75) is 6.92 Å². The minimum atomic E-state index is -0.926. The second-order valence-corrected chi connectivity index (χ2v) is 2.78. The molecule has 0 radical (unpaired) electrons. The van der Waals surface area contributed by atoms with Gasteiger partial charge in [0.25, 0.3) is 0 Å². The number of aromatic hydroxyl groups is 1. The highest BCUT2D eigenvalue weighted by atomic mass is 19.1. The Kier molecular flexibility index (Phi) is 3.44. The minimum Gasteiger partial charge on any atom is -0.504 e. The third-order valence-corrected chi connectivity index (χ3v) is 1.83. The SMILES string of the molecule is C=CC(=O)c1ccc(OCC)c(F)c1O. The van der Waals surface area contributed by atoms with Gasteiger partial charge in [0.05, 0.1) is 12.2 Å². The first kappa shape index (κ1) is 11.2. The summed E-state index contributed by atoms with van der Waals surface area (Å²) in [5, 5.41) is 9.38. The normalized spacial score (nSPS) is 9.73. The molecule has 0 aliphatic carbocycles. The van der Waals surface area contributed by atoms with E-state index in [1.165, 1.54) is 12.1 Å². The molecule has 0 aliphatic rings. The third-order valence-electron chi connectivity index (χ3n) is 1.83. The summed E-state index contributed by atoms with van der Waals surface area (Å²) in [7, 11) is 0. The summed E-state index contributed by atoms with van der Waals surface area (Å²) < 4.78 is 18.3. The van der Waals surface area contributed by atoms with E-state index in [1.54, 1.807) is 6.92 Å². The van der Waals surface area contributed by atoms with E-state index in [4.69, 9.17) is 4.74 Å².